The van der Waals surface area contributed by atoms with Crippen LogP contribution in [0.2, 0.25) is 0 Å². The Bertz CT molecular complexity index is 642. The Hall–Kier alpha value is -1.88. The molecule has 0 bridgehead atoms. The molecule has 1 saturated heterocycles. The summed E-state index contributed by atoms with van der Waals surface area (Å²) in [6, 6.07) is 19.6. The second-order valence-corrected chi connectivity index (χ2v) is 6.99. The fourth-order valence-corrected chi connectivity index (χ4v) is 3.28. The van der Waals surface area contributed by atoms with Gasteiger partial charge in [0.25, 0.3) is 0 Å². The van der Waals surface area contributed by atoms with Gasteiger partial charge in [0.1, 0.15) is 12.4 Å². The molecule has 0 amide bonds. The molecule has 2 aromatic carbocycles. The van der Waals surface area contributed by atoms with Crippen LogP contribution in [0.15, 0.2) is 54.6 Å². The SMILES string of the molecule is CC(CC1COCCN1)NCCc1cccc(OCc2ccccc2)c1. The van der Waals surface area contributed by atoms with Gasteiger partial charge in [-0.05, 0) is 49.6 Å². The Kier molecular flexibility index (Phi) is 7.50. The van der Waals surface area contributed by atoms with E-state index < -0.39 is 0 Å². The predicted molar refractivity (Wildman–Crippen MR) is 106 cm³/mol. The molecule has 140 valence electrons. The van der Waals surface area contributed by atoms with E-state index in [1.54, 1.807) is 0 Å². The molecule has 2 unspecified atom stereocenters. The van der Waals surface area contributed by atoms with Gasteiger partial charge in [-0.25, -0.2) is 0 Å². The van der Waals surface area contributed by atoms with Gasteiger partial charge in [-0.1, -0.05) is 42.5 Å². The van der Waals surface area contributed by atoms with E-state index in [0.29, 0.717) is 18.7 Å². The lowest BCUT2D eigenvalue weighted by atomic mass is 10.1. The number of rotatable bonds is 9. The van der Waals surface area contributed by atoms with Crippen LogP contribution >= 0.6 is 0 Å². The summed E-state index contributed by atoms with van der Waals surface area (Å²) in [6.07, 6.45) is 2.10. The van der Waals surface area contributed by atoms with E-state index in [0.717, 1.165) is 44.9 Å². The quantitative estimate of drug-likeness (QED) is 0.726. The van der Waals surface area contributed by atoms with E-state index in [1.807, 2.05) is 24.3 Å². The third kappa shape index (κ3) is 6.45. The van der Waals surface area contributed by atoms with E-state index in [2.05, 4.69) is 47.9 Å². The first kappa shape index (κ1) is 18.9. The number of hydrogen-bond donors (Lipinski definition) is 2. The zero-order chi connectivity index (χ0) is 18.0. The molecule has 4 nitrogen and oxygen atoms in total. The zero-order valence-electron chi connectivity index (χ0n) is 15.6. The molecule has 0 saturated carbocycles. The molecule has 2 atom stereocenters. The molecule has 1 fully saturated rings. The maximum Gasteiger partial charge on any atom is 0.120 e. The van der Waals surface area contributed by atoms with Gasteiger partial charge in [0.05, 0.1) is 13.2 Å². The minimum absolute atomic E-state index is 0.473. The molecule has 0 radical (unpaired) electrons. The van der Waals surface area contributed by atoms with Crippen molar-refractivity contribution in [2.45, 2.75) is 38.5 Å². The van der Waals surface area contributed by atoms with Gasteiger partial charge >= 0.3 is 0 Å². The predicted octanol–water partition coefficient (Wildman–Crippen LogP) is 3.16. The van der Waals surface area contributed by atoms with Crippen molar-refractivity contribution in [3.63, 3.8) is 0 Å². The molecule has 3 rings (SSSR count). The average molecular weight is 354 g/mol. The Balaban J connectivity index is 1.39. The van der Waals surface area contributed by atoms with Crippen LogP contribution < -0.4 is 15.4 Å². The standard InChI is InChI=1S/C22H30N2O2/c1-18(14-21-17-25-13-12-24-21)23-11-10-19-8-5-9-22(15-19)26-16-20-6-3-2-4-7-20/h2-9,15,18,21,23-24H,10-14,16-17H2,1H3. The minimum Gasteiger partial charge on any atom is -0.489 e. The third-order valence-electron chi connectivity index (χ3n) is 4.69. The van der Waals surface area contributed by atoms with Crippen LogP contribution in [-0.2, 0) is 17.8 Å². The first-order chi connectivity index (χ1) is 12.8. The van der Waals surface area contributed by atoms with Crippen molar-refractivity contribution in [2.24, 2.45) is 0 Å². The third-order valence-corrected chi connectivity index (χ3v) is 4.69. The van der Waals surface area contributed by atoms with Gasteiger partial charge in [-0.2, -0.15) is 0 Å². The number of morpholine rings is 1. The summed E-state index contributed by atoms with van der Waals surface area (Å²) in [5, 5.41) is 7.13. The van der Waals surface area contributed by atoms with Gasteiger partial charge in [0.2, 0.25) is 0 Å². The molecular weight excluding hydrogens is 324 g/mol. The van der Waals surface area contributed by atoms with Crippen molar-refractivity contribution in [3.8, 4) is 5.75 Å². The second kappa shape index (κ2) is 10.3. The molecule has 4 heteroatoms. The first-order valence-corrected chi connectivity index (χ1v) is 9.60. The van der Waals surface area contributed by atoms with Crippen LogP contribution in [0.4, 0.5) is 0 Å². The highest BCUT2D eigenvalue weighted by atomic mass is 16.5. The van der Waals surface area contributed by atoms with Crippen LogP contribution in [0, 0.1) is 0 Å². The molecule has 1 aliphatic rings. The second-order valence-electron chi connectivity index (χ2n) is 6.99. The van der Waals surface area contributed by atoms with Crippen LogP contribution in [-0.4, -0.2) is 38.4 Å². The molecule has 0 aromatic heterocycles. The Morgan fingerprint density at radius 1 is 1.15 bits per heavy atom. The summed E-state index contributed by atoms with van der Waals surface area (Å²) in [7, 11) is 0. The summed E-state index contributed by atoms with van der Waals surface area (Å²) in [5.74, 6) is 0.933. The van der Waals surface area contributed by atoms with Crippen molar-refractivity contribution < 1.29 is 9.47 Å². The van der Waals surface area contributed by atoms with Crippen molar-refractivity contribution in [2.75, 3.05) is 26.3 Å². The van der Waals surface area contributed by atoms with Crippen LogP contribution in [0.5, 0.6) is 5.75 Å². The highest BCUT2D eigenvalue weighted by Crippen LogP contribution is 2.15. The van der Waals surface area contributed by atoms with Crippen molar-refractivity contribution in [1.29, 1.82) is 0 Å². The monoisotopic (exact) mass is 354 g/mol. The maximum absolute atomic E-state index is 5.92. The Morgan fingerprint density at radius 2 is 2.00 bits per heavy atom. The highest BCUT2D eigenvalue weighted by molar-refractivity contribution is 5.29. The van der Waals surface area contributed by atoms with E-state index in [4.69, 9.17) is 9.47 Å². The number of hydrogen-bond acceptors (Lipinski definition) is 4. The fourth-order valence-electron chi connectivity index (χ4n) is 3.28. The minimum atomic E-state index is 0.473. The van der Waals surface area contributed by atoms with E-state index in [-0.39, 0.29) is 0 Å². The molecule has 26 heavy (non-hydrogen) atoms. The molecule has 0 aliphatic carbocycles. The Morgan fingerprint density at radius 3 is 2.81 bits per heavy atom. The van der Waals surface area contributed by atoms with Gasteiger partial charge < -0.3 is 20.1 Å². The van der Waals surface area contributed by atoms with Crippen molar-refractivity contribution in [3.05, 3.63) is 65.7 Å². The van der Waals surface area contributed by atoms with Gasteiger partial charge in [0.15, 0.2) is 0 Å². The van der Waals surface area contributed by atoms with E-state index in [9.17, 15) is 0 Å². The molecular formula is C22H30N2O2. The summed E-state index contributed by atoms with van der Waals surface area (Å²) in [6.45, 7) is 6.45. The summed E-state index contributed by atoms with van der Waals surface area (Å²) in [4.78, 5) is 0. The zero-order valence-corrected chi connectivity index (χ0v) is 15.6. The normalized spacial score (nSPS) is 18.4. The van der Waals surface area contributed by atoms with Gasteiger partial charge in [-0.3, -0.25) is 0 Å². The fraction of sp³-hybridized carbons (Fsp3) is 0.455. The summed E-state index contributed by atoms with van der Waals surface area (Å²) in [5.41, 5.74) is 2.49. The number of ether oxygens (including phenoxy) is 2. The molecule has 2 N–H and O–H groups in total. The largest absolute Gasteiger partial charge is 0.489 e. The van der Waals surface area contributed by atoms with Gasteiger partial charge in [-0.15, -0.1) is 0 Å². The highest BCUT2D eigenvalue weighted by Gasteiger charge is 2.15. The van der Waals surface area contributed by atoms with E-state index >= 15 is 0 Å². The van der Waals surface area contributed by atoms with Gasteiger partial charge in [0, 0.05) is 18.6 Å². The number of nitrogens with one attached hydrogen (secondary N) is 2. The van der Waals surface area contributed by atoms with E-state index in [1.165, 1.54) is 11.1 Å². The smallest absolute Gasteiger partial charge is 0.120 e. The van der Waals surface area contributed by atoms with Crippen molar-refractivity contribution >= 4 is 0 Å². The molecule has 0 spiro atoms. The van der Waals surface area contributed by atoms with Crippen LogP contribution in [0.1, 0.15) is 24.5 Å². The van der Waals surface area contributed by atoms with Crippen LogP contribution in [0.3, 0.4) is 0 Å². The lowest BCUT2D eigenvalue weighted by Crippen LogP contribution is -2.45. The van der Waals surface area contributed by atoms with Crippen LogP contribution in [0.25, 0.3) is 0 Å². The van der Waals surface area contributed by atoms with Crippen molar-refractivity contribution in [1.82, 2.24) is 10.6 Å². The lowest BCUT2D eigenvalue weighted by Gasteiger charge is -2.26. The maximum atomic E-state index is 5.92. The first-order valence-electron chi connectivity index (χ1n) is 9.60. The summed E-state index contributed by atoms with van der Waals surface area (Å²) < 4.78 is 11.4. The topological polar surface area (TPSA) is 42.5 Å². The molecule has 2 aromatic rings. The Labute approximate surface area is 156 Å². The number of benzene rings is 2. The lowest BCUT2D eigenvalue weighted by molar-refractivity contribution is 0.0713. The molecule has 1 aliphatic heterocycles. The summed E-state index contributed by atoms with van der Waals surface area (Å²) >= 11 is 0. The average Bonchev–Trinajstić information content (AvgIpc) is 2.68. The molecule has 1 heterocycles.